The maximum atomic E-state index is 12.5. The third-order valence-electron chi connectivity index (χ3n) is 4.67. The lowest BCUT2D eigenvalue weighted by atomic mass is 10.1. The van der Waals surface area contributed by atoms with Crippen molar-refractivity contribution in [2.24, 2.45) is 0 Å². The molecule has 2 N–H and O–H groups in total. The zero-order valence-corrected chi connectivity index (χ0v) is 14.8. The Morgan fingerprint density at radius 1 is 1.15 bits per heavy atom. The van der Waals surface area contributed by atoms with Crippen LogP contribution in [-0.2, 0) is 6.42 Å². The molecule has 6 nitrogen and oxygen atoms in total. The predicted octanol–water partition coefficient (Wildman–Crippen LogP) is 2.74. The number of benzene rings is 2. The van der Waals surface area contributed by atoms with Crippen LogP contribution in [0.25, 0.3) is 10.9 Å². The smallest absolute Gasteiger partial charge is 0.321 e. The highest BCUT2D eigenvalue weighted by Gasteiger charge is 2.21. The molecule has 1 saturated heterocycles. The number of fused-ring (bicyclic) bond motifs is 1. The van der Waals surface area contributed by atoms with Crippen molar-refractivity contribution in [3.63, 3.8) is 0 Å². The lowest BCUT2D eigenvalue weighted by Gasteiger charge is -2.15. The molecule has 0 spiro atoms. The summed E-state index contributed by atoms with van der Waals surface area (Å²) in [7, 11) is 0. The first-order valence-corrected chi connectivity index (χ1v) is 8.98. The van der Waals surface area contributed by atoms with Crippen molar-refractivity contribution >= 4 is 28.5 Å². The molecule has 0 bridgehead atoms. The summed E-state index contributed by atoms with van der Waals surface area (Å²) in [5.41, 5.74) is 3.35. The molecule has 0 atom stereocenters. The van der Waals surface area contributed by atoms with E-state index in [-0.39, 0.29) is 11.9 Å². The molecule has 2 heterocycles. The number of carbonyl (C=O) groups excluding carboxylic acids is 2. The number of urea groups is 1. The van der Waals surface area contributed by atoms with Crippen LogP contribution in [-0.4, -0.2) is 36.6 Å². The van der Waals surface area contributed by atoms with Crippen LogP contribution in [0.1, 0.15) is 15.9 Å². The van der Waals surface area contributed by atoms with Gasteiger partial charge in [-0.25, -0.2) is 4.79 Å². The van der Waals surface area contributed by atoms with E-state index in [9.17, 15) is 9.59 Å². The highest BCUT2D eigenvalue weighted by Crippen LogP contribution is 2.19. The van der Waals surface area contributed by atoms with Crippen molar-refractivity contribution in [3.8, 4) is 0 Å². The van der Waals surface area contributed by atoms with Crippen LogP contribution >= 0.6 is 0 Å². The van der Waals surface area contributed by atoms with Gasteiger partial charge < -0.3 is 10.6 Å². The number of nitrogens with zero attached hydrogens (tertiary/aromatic N) is 2. The molecule has 1 aromatic heterocycles. The summed E-state index contributed by atoms with van der Waals surface area (Å²) in [4.78, 5) is 30.4. The Morgan fingerprint density at radius 2 is 2.00 bits per heavy atom. The molecule has 3 aromatic rings. The van der Waals surface area contributed by atoms with Crippen LogP contribution in [0.2, 0.25) is 0 Å². The Labute approximate surface area is 157 Å². The normalized spacial score (nSPS) is 13.6. The summed E-state index contributed by atoms with van der Waals surface area (Å²) in [5, 5.41) is 6.81. The summed E-state index contributed by atoms with van der Waals surface area (Å²) in [6.45, 7) is 1.75. The standard InChI is InChI=1S/C21H20N4O2/c26-20(17-6-2-8-18(14-17)25-13-12-24-21(25)27)23-11-9-16-5-1-4-15-7-3-10-22-19(15)16/h1-8,10,14H,9,11-13H2,(H,23,26)(H,24,27). The van der Waals surface area contributed by atoms with Crippen LogP contribution in [0, 0.1) is 0 Å². The molecule has 1 fully saturated rings. The van der Waals surface area contributed by atoms with Gasteiger partial charge in [-0.2, -0.15) is 0 Å². The molecule has 3 amide bonds. The Bertz CT molecular complexity index is 997. The van der Waals surface area contributed by atoms with Crippen LogP contribution in [0.5, 0.6) is 0 Å². The fraction of sp³-hybridized carbons (Fsp3) is 0.190. The van der Waals surface area contributed by atoms with E-state index in [0.29, 0.717) is 31.6 Å². The Balaban J connectivity index is 1.42. The number of pyridine rings is 1. The van der Waals surface area contributed by atoms with Gasteiger partial charge in [-0.3, -0.25) is 14.7 Å². The molecule has 1 aliphatic rings. The van der Waals surface area contributed by atoms with E-state index in [1.54, 1.807) is 29.3 Å². The second-order valence-electron chi connectivity index (χ2n) is 6.43. The monoisotopic (exact) mass is 360 g/mol. The van der Waals surface area contributed by atoms with Crippen molar-refractivity contribution in [2.75, 3.05) is 24.5 Å². The third-order valence-corrected chi connectivity index (χ3v) is 4.67. The van der Waals surface area contributed by atoms with Gasteiger partial charge in [0.1, 0.15) is 0 Å². The van der Waals surface area contributed by atoms with Crippen LogP contribution < -0.4 is 15.5 Å². The fourth-order valence-electron chi connectivity index (χ4n) is 3.31. The Kier molecular flexibility index (Phi) is 4.70. The Hall–Kier alpha value is -3.41. The van der Waals surface area contributed by atoms with Crippen LogP contribution in [0.4, 0.5) is 10.5 Å². The minimum Gasteiger partial charge on any atom is -0.352 e. The minimum absolute atomic E-state index is 0.129. The zero-order chi connectivity index (χ0) is 18.6. The number of hydrogen-bond donors (Lipinski definition) is 2. The predicted molar refractivity (Wildman–Crippen MR) is 105 cm³/mol. The summed E-state index contributed by atoms with van der Waals surface area (Å²) in [5.74, 6) is -0.148. The minimum atomic E-state index is -0.148. The van der Waals surface area contributed by atoms with Crippen molar-refractivity contribution in [1.29, 1.82) is 0 Å². The molecule has 136 valence electrons. The number of hydrogen-bond acceptors (Lipinski definition) is 3. The van der Waals surface area contributed by atoms with Gasteiger partial charge >= 0.3 is 6.03 Å². The number of nitrogens with one attached hydrogen (secondary N) is 2. The lowest BCUT2D eigenvalue weighted by molar-refractivity contribution is 0.0954. The Morgan fingerprint density at radius 3 is 2.85 bits per heavy atom. The van der Waals surface area contributed by atoms with E-state index in [4.69, 9.17) is 0 Å². The first-order chi connectivity index (χ1) is 13.2. The molecule has 4 rings (SSSR count). The van der Waals surface area contributed by atoms with Crippen LogP contribution in [0.3, 0.4) is 0 Å². The average molecular weight is 360 g/mol. The molecule has 1 aliphatic heterocycles. The topological polar surface area (TPSA) is 74.3 Å². The number of aromatic nitrogens is 1. The van der Waals surface area contributed by atoms with Gasteiger partial charge in [0.05, 0.1) is 5.52 Å². The van der Waals surface area contributed by atoms with E-state index >= 15 is 0 Å². The number of amides is 3. The summed E-state index contributed by atoms with van der Waals surface area (Å²) < 4.78 is 0. The molecular formula is C21H20N4O2. The second kappa shape index (κ2) is 7.45. The highest BCUT2D eigenvalue weighted by molar-refractivity contribution is 5.98. The largest absolute Gasteiger partial charge is 0.352 e. The van der Waals surface area contributed by atoms with Crippen LogP contribution in [0.15, 0.2) is 60.8 Å². The van der Waals surface area contributed by atoms with Gasteiger partial charge in [-0.1, -0.05) is 30.3 Å². The first-order valence-electron chi connectivity index (χ1n) is 8.98. The van der Waals surface area contributed by atoms with Gasteiger partial charge in [0, 0.05) is 42.5 Å². The van der Waals surface area contributed by atoms with Crippen molar-refractivity contribution < 1.29 is 9.59 Å². The maximum Gasteiger partial charge on any atom is 0.321 e. The van der Waals surface area contributed by atoms with E-state index < -0.39 is 0 Å². The van der Waals surface area contributed by atoms with E-state index in [1.165, 1.54) is 0 Å². The van der Waals surface area contributed by atoms with Gasteiger partial charge in [-0.15, -0.1) is 0 Å². The number of carbonyl (C=O) groups is 2. The number of para-hydroxylation sites is 1. The first kappa shape index (κ1) is 17.0. The molecule has 0 radical (unpaired) electrons. The van der Waals surface area contributed by atoms with E-state index in [2.05, 4.69) is 15.6 Å². The van der Waals surface area contributed by atoms with Gasteiger partial charge in [-0.05, 0) is 36.2 Å². The quantitative estimate of drug-likeness (QED) is 0.735. The summed E-state index contributed by atoms with van der Waals surface area (Å²) >= 11 is 0. The molecule has 27 heavy (non-hydrogen) atoms. The molecule has 0 saturated carbocycles. The average Bonchev–Trinajstić information content (AvgIpc) is 3.14. The van der Waals surface area contributed by atoms with Crippen molar-refractivity contribution in [1.82, 2.24) is 15.6 Å². The summed E-state index contributed by atoms with van der Waals surface area (Å²) in [6, 6.07) is 17.0. The molecule has 2 aromatic carbocycles. The number of anilines is 1. The molecular weight excluding hydrogens is 340 g/mol. The maximum absolute atomic E-state index is 12.5. The lowest BCUT2D eigenvalue weighted by Crippen LogP contribution is -2.29. The van der Waals surface area contributed by atoms with Crippen molar-refractivity contribution in [2.45, 2.75) is 6.42 Å². The third kappa shape index (κ3) is 3.60. The van der Waals surface area contributed by atoms with Gasteiger partial charge in [0.15, 0.2) is 0 Å². The second-order valence-corrected chi connectivity index (χ2v) is 6.43. The molecule has 6 heteroatoms. The van der Waals surface area contributed by atoms with Gasteiger partial charge in [0.2, 0.25) is 0 Å². The zero-order valence-electron chi connectivity index (χ0n) is 14.8. The highest BCUT2D eigenvalue weighted by atomic mass is 16.2. The number of rotatable bonds is 5. The SMILES string of the molecule is O=C(NCCc1cccc2cccnc12)c1cccc(N2CCNC2=O)c1. The fourth-order valence-corrected chi connectivity index (χ4v) is 3.31. The molecule has 0 unspecified atom stereocenters. The summed E-state index contributed by atoms with van der Waals surface area (Å²) in [6.07, 6.45) is 2.48. The molecule has 0 aliphatic carbocycles. The van der Waals surface area contributed by atoms with E-state index in [0.717, 1.165) is 22.2 Å². The van der Waals surface area contributed by atoms with Crippen molar-refractivity contribution in [3.05, 3.63) is 71.9 Å². The van der Waals surface area contributed by atoms with E-state index in [1.807, 2.05) is 36.4 Å². The van der Waals surface area contributed by atoms with Gasteiger partial charge in [0.25, 0.3) is 5.91 Å².